The lowest BCUT2D eigenvalue weighted by atomic mass is 9.92. The first-order chi connectivity index (χ1) is 14.7. The maximum atomic E-state index is 11.1. The fourth-order valence-electron chi connectivity index (χ4n) is 4.89. The van der Waals surface area contributed by atoms with Gasteiger partial charge in [0.15, 0.2) is 0 Å². The quantitative estimate of drug-likeness (QED) is 0.710. The highest BCUT2D eigenvalue weighted by atomic mass is 16.1. The summed E-state index contributed by atoms with van der Waals surface area (Å²) in [5.74, 6) is 2.41. The number of carbonyl (C=O) groups excluding carboxylic acids is 1. The third kappa shape index (κ3) is 5.82. The van der Waals surface area contributed by atoms with E-state index in [1.165, 1.54) is 45.8 Å². The molecule has 6 nitrogen and oxygen atoms in total. The Hall–Kier alpha value is -2.47. The fraction of sp³-hybridized carbons (Fsp3) is 0.560. The highest BCUT2D eigenvalue weighted by Crippen LogP contribution is 2.39. The van der Waals surface area contributed by atoms with Gasteiger partial charge in [-0.25, -0.2) is 0 Å². The van der Waals surface area contributed by atoms with E-state index in [1.54, 1.807) is 0 Å². The molecule has 1 aliphatic carbocycles. The van der Waals surface area contributed by atoms with Crippen molar-refractivity contribution in [3.05, 3.63) is 36.4 Å². The molecule has 0 bridgehead atoms. The molecule has 31 heavy (non-hydrogen) atoms. The van der Waals surface area contributed by atoms with Gasteiger partial charge in [-0.1, -0.05) is 32.9 Å². The van der Waals surface area contributed by atoms with Crippen molar-refractivity contribution in [2.24, 2.45) is 17.3 Å². The van der Waals surface area contributed by atoms with E-state index in [-0.39, 0.29) is 5.91 Å². The molecule has 1 amide bonds. The third-order valence-corrected chi connectivity index (χ3v) is 6.52. The predicted octanol–water partition coefficient (Wildman–Crippen LogP) is 4.66. The van der Waals surface area contributed by atoms with E-state index in [0.29, 0.717) is 11.5 Å². The highest BCUT2D eigenvalue weighted by molar-refractivity contribution is 5.88. The van der Waals surface area contributed by atoms with Crippen LogP contribution in [0, 0.1) is 17.3 Å². The van der Waals surface area contributed by atoms with Gasteiger partial charge in [-0.3, -0.25) is 4.79 Å². The molecule has 166 valence electrons. The molecular formula is C25H35N5O. The second-order valence-corrected chi connectivity index (χ2v) is 10.5. The lowest BCUT2D eigenvalue weighted by molar-refractivity contribution is -0.114. The van der Waals surface area contributed by atoms with Gasteiger partial charge in [0.05, 0.1) is 5.69 Å². The Morgan fingerprint density at radius 3 is 2.26 bits per heavy atom. The maximum absolute atomic E-state index is 11.1. The SMILES string of the molecule is CC(=O)Nc1ccc(-c2ccc(N[C@H]3C[C@@H]4CN(CCC(C)(C)C)C[C@@H]4C3)nn2)cc1. The van der Waals surface area contributed by atoms with Crippen LogP contribution in [-0.4, -0.2) is 46.7 Å². The Labute approximate surface area is 185 Å². The third-order valence-electron chi connectivity index (χ3n) is 6.52. The van der Waals surface area contributed by atoms with Crippen LogP contribution in [0.1, 0.15) is 47.0 Å². The highest BCUT2D eigenvalue weighted by Gasteiger charge is 2.40. The van der Waals surface area contributed by atoms with Gasteiger partial charge in [-0.15, -0.1) is 10.2 Å². The number of anilines is 2. The van der Waals surface area contributed by atoms with Gasteiger partial charge >= 0.3 is 0 Å². The molecule has 1 saturated heterocycles. The molecule has 2 aromatic rings. The Morgan fingerprint density at radius 1 is 1.03 bits per heavy atom. The molecule has 2 aliphatic rings. The van der Waals surface area contributed by atoms with Crippen molar-refractivity contribution in [1.29, 1.82) is 0 Å². The Morgan fingerprint density at radius 2 is 1.71 bits per heavy atom. The van der Waals surface area contributed by atoms with Crippen LogP contribution in [-0.2, 0) is 4.79 Å². The molecule has 3 atom stereocenters. The molecule has 4 rings (SSSR count). The first-order valence-electron chi connectivity index (χ1n) is 11.5. The number of hydrogen-bond acceptors (Lipinski definition) is 5. The summed E-state index contributed by atoms with van der Waals surface area (Å²) in [4.78, 5) is 13.8. The molecule has 0 spiro atoms. The first kappa shape index (κ1) is 21.8. The van der Waals surface area contributed by atoms with Gasteiger partial charge < -0.3 is 15.5 Å². The molecule has 0 radical (unpaired) electrons. The summed E-state index contributed by atoms with van der Waals surface area (Å²) in [6.45, 7) is 12.2. The smallest absolute Gasteiger partial charge is 0.221 e. The summed E-state index contributed by atoms with van der Waals surface area (Å²) in [6.07, 6.45) is 3.72. The number of hydrogen-bond donors (Lipinski definition) is 2. The van der Waals surface area contributed by atoms with E-state index in [2.05, 4.69) is 46.5 Å². The lowest BCUT2D eigenvalue weighted by Gasteiger charge is -2.24. The van der Waals surface area contributed by atoms with Crippen LogP contribution in [0.5, 0.6) is 0 Å². The summed E-state index contributed by atoms with van der Waals surface area (Å²) in [5, 5.41) is 15.2. The van der Waals surface area contributed by atoms with Crippen LogP contribution in [0.15, 0.2) is 36.4 Å². The number of benzene rings is 1. The van der Waals surface area contributed by atoms with Crippen molar-refractivity contribution in [2.75, 3.05) is 30.3 Å². The van der Waals surface area contributed by atoms with Gasteiger partial charge in [0.2, 0.25) is 5.91 Å². The standard InChI is InChI=1S/C25H35N5O/c1-17(31)26-21-7-5-18(6-8-21)23-9-10-24(29-28-23)27-22-13-19-15-30(16-20(19)14-22)12-11-25(2,3)4/h5-10,19-20,22H,11-16H2,1-4H3,(H,26,31)(H,27,29)/t19-,20+,22+. The summed E-state index contributed by atoms with van der Waals surface area (Å²) >= 11 is 0. The minimum absolute atomic E-state index is 0.0726. The van der Waals surface area contributed by atoms with Gasteiger partial charge in [0.1, 0.15) is 5.82 Å². The number of carbonyl (C=O) groups is 1. The summed E-state index contributed by atoms with van der Waals surface area (Å²) in [5.41, 5.74) is 3.02. The van der Waals surface area contributed by atoms with E-state index in [1.807, 2.05) is 36.4 Å². The van der Waals surface area contributed by atoms with Gasteiger partial charge in [-0.05, 0) is 67.3 Å². The van der Waals surface area contributed by atoms with Crippen LogP contribution >= 0.6 is 0 Å². The molecule has 0 unspecified atom stereocenters. The number of amides is 1. The number of fused-ring (bicyclic) bond motifs is 1. The minimum Gasteiger partial charge on any atom is -0.366 e. The predicted molar refractivity (Wildman–Crippen MR) is 126 cm³/mol. The second-order valence-electron chi connectivity index (χ2n) is 10.5. The molecule has 1 saturated carbocycles. The van der Waals surface area contributed by atoms with E-state index in [0.717, 1.165) is 34.6 Å². The average Bonchev–Trinajstić information content (AvgIpc) is 3.25. The number of nitrogens with zero attached hydrogens (tertiary/aromatic N) is 3. The zero-order valence-electron chi connectivity index (χ0n) is 19.2. The average molecular weight is 422 g/mol. The van der Waals surface area contributed by atoms with Crippen LogP contribution in [0.3, 0.4) is 0 Å². The molecule has 6 heteroatoms. The lowest BCUT2D eigenvalue weighted by Crippen LogP contribution is -2.28. The molecule has 2 N–H and O–H groups in total. The van der Waals surface area contributed by atoms with Crippen LogP contribution in [0.25, 0.3) is 11.3 Å². The molecule has 2 fully saturated rings. The van der Waals surface area contributed by atoms with Crippen LogP contribution < -0.4 is 10.6 Å². The zero-order valence-corrected chi connectivity index (χ0v) is 19.2. The first-order valence-corrected chi connectivity index (χ1v) is 11.5. The Balaban J connectivity index is 1.27. The van der Waals surface area contributed by atoms with Crippen LogP contribution in [0.4, 0.5) is 11.5 Å². The second kappa shape index (κ2) is 8.95. The fourth-order valence-corrected chi connectivity index (χ4v) is 4.89. The van der Waals surface area contributed by atoms with Gasteiger partial charge in [0, 0.05) is 37.3 Å². The molecule has 2 heterocycles. The van der Waals surface area contributed by atoms with E-state index in [9.17, 15) is 4.79 Å². The van der Waals surface area contributed by atoms with Crippen molar-refractivity contribution in [3.63, 3.8) is 0 Å². The zero-order chi connectivity index (χ0) is 22.0. The normalized spacial score (nSPS) is 23.5. The Kier molecular flexibility index (Phi) is 6.28. The van der Waals surface area contributed by atoms with Crippen molar-refractivity contribution in [3.8, 4) is 11.3 Å². The summed E-state index contributed by atoms with van der Waals surface area (Å²) in [6, 6.07) is 12.2. The molecule has 1 aromatic carbocycles. The molecule has 1 aliphatic heterocycles. The molecule has 1 aromatic heterocycles. The largest absolute Gasteiger partial charge is 0.366 e. The van der Waals surface area contributed by atoms with Gasteiger partial charge in [0.25, 0.3) is 0 Å². The number of aromatic nitrogens is 2. The topological polar surface area (TPSA) is 70.2 Å². The maximum Gasteiger partial charge on any atom is 0.221 e. The number of nitrogens with one attached hydrogen (secondary N) is 2. The van der Waals surface area contributed by atoms with E-state index < -0.39 is 0 Å². The number of likely N-dealkylation sites (tertiary alicyclic amines) is 1. The minimum atomic E-state index is -0.0726. The summed E-state index contributed by atoms with van der Waals surface area (Å²) in [7, 11) is 0. The van der Waals surface area contributed by atoms with Crippen molar-refractivity contribution < 1.29 is 4.79 Å². The Bertz CT molecular complexity index is 874. The number of rotatable bonds is 6. The van der Waals surface area contributed by atoms with Crippen molar-refractivity contribution in [1.82, 2.24) is 15.1 Å². The van der Waals surface area contributed by atoms with Crippen LogP contribution in [0.2, 0.25) is 0 Å². The van der Waals surface area contributed by atoms with Gasteiger partial charge in [-0.2, -0.15) is 0 Å². The van der Waals surface area contributed by atoms with Crippen molar-refractivity contribution in [2.45, 2.75) is 53.0 Å². The van der Waals surface area contributed by atoms with E-state index >= 15 is 0 Å². The van der Waals surface area contributed by atoms with E-state index in [4.69, 9.17) is 0 Å². The molecular weight excluding hydrogens is 386 g/mol. The van der Waals surface area contributed by atoms with Crippen molar-refractivity contribution >= 4 is 17.4 Å². The monoisotopic (exact) mass is 421 g/mol. The summed E-state index contributed by atoms with van der Waals surface area (Å²) < 4.78 is 0.